The lowest BCUT2D eigenvalue weighted by Crippen LogP contribution is -2.24. The summed E-state index contributed by atoms with van der Waals surface area (Å²) in [6, 6.07) is 0.487. The van der Waals surface area contributed by atoms with Crippen molar-refractivity contribution in [3.05, 3.63) is 32.1 Å². The maximum atomic E-state index is 12.1. The largest absolute Gasteiger partial charge is 0.573 e. The Kier molecular flexibility index (Phi) is 4.89. The highest BCUT2D eigenvalue weighted by Gasteiger charge is 2.34. The Hall–Kier alpha value is -2.59. The number of rotatable bonds is 5. The van der Waals surface area contributed by atoms with Gasteiger partial charge >= 0.3 is 23.7 Å². The summed E-state index contributed by atoms with van der Waals surface area (Å²) in [4.78, 5) is 33.9. The van der Waals surface area contributed by atoms with Gasteiger partial charge in [-0.3, -0.25) is 4.79 Å². The average molecular weight is 310 g/mol. The molecule has 8 nitrogen and oxygen atoms in total. The molecular weight excluding hydrogens is 301 g/mol. The smallest absolute Gasteiger partial charge is 0.466 e. The molecule has 21 heavy (non-hydrogen) atoms. The number of halogens is 3. The number of hydrogen-bond donors (Lipinski definition) is 1. The van der Waals surface area contributed by atoms with Gasteiger partial charge in [0.15, 0.2) is 0 Å². The summed E-state index contributed by atoms with van der Waals surface area (Å²) >= 11 is 0. The second kappa shape index (κ2) is 6.24. The molecule has 0 saturated heterocycles. The topological polar surface area (TPSA) is 112 Å². The third kappa shape index (κ3) is 4.78. The summed E-state index contributed by atoms with van der Waals surface area (Å²) in [6.07, 6.45) is -5.83. The first-order chi connectivity index (χ1) is 9.64. The zero-order valence-electron chi connectivity index (χ0n) is 10.5. The van der Waals surface area contributed by atoms with Crippen molar-refractivity contribution in [2.45, 2.75) is 19.7 Å². The normalized spacial score (nSPS) is 11.0. The molecule has 1 heterocycles. The molecule has 0 saturated carbocycles. The highest BCUT2D eigenvalue weighted by atomic mass is 19.4. The van der Waals surface area contributed by atoms with E-state index in [9.17, 15) is 32.9 Å². The Bertz CT molecular complexity index is 610. The number of ether oxygens (including phenoxy) is 2. The van der Waals surface area contributed by atoms with Crippen LogP contribution in [-0.2, 0) is 16.0 Å². The molecule has 11 heteroatoms. The quantitative estimate of drug-likeness (QED) is 0.498. The van der Waals surface area contributed by atoms with Crippen molar-refractivity contribution in [2.75, 3.05) is 6.61 Å². The first-order valence-corrected chi connectivity index (χ1v) is 5.46. The molecule has 1 aromatic rings. The van der Waals surface area contributed by atoms with E-state index < -0.39 is 46.4 Å². The standard InChI is InChI=1S/C10H9F3N2O6/c1-2-20-7(16)4-5-3-6(21-10(11,12)13)9(17)14-8(5)15(18)19/h3H,2,4H2,1H3,(H,14,17). The summed E-state index contributed by atoms with van der Waals surface area (Å²) in [7, 11) is 0. The summed E-state index contributed by atoms with van der Waals surface area (Å²) in [5.74, 6) is -3.00. The van der Waals surface area contributed by atoms with Gasteiger partial charge in [-0.1, -0.05) is 0 Å². The van der Waals surface area contributed by atoms with Gasteiger partial charge in [0.1, 0.15) is 0 Å². The Morgan fingerprint density at radius 1 is 1.48 bits per heavy atom. The summed E-state index contributed by atoms with van der Waals surface area (Å²) in [6.45, 7) is 1.47. The van der Waals surface area contributed by atoms with Gasteiger partial charge < -0.3 is 19.6 Å². The lowest BCUT2D eigenvalue weighted by molar-refractivity contribution is -0.390. The van der Waals surface area contributed by atoms with Crippen LogP contribution in [0.3, 0.4) is 0 Å². The van der Waals surface area contributed by atoms with Gasteiger partial charge in [0.25, 0.3) is 0 Å². The molecule has 0 spiro atoms. The van der Waals surface area contributed by atoms with Gasteiger partial charge in [0.05, 0.1) is 18.6 Å². The van der Waals surface area contributed by atoms with Crippen LogP contribution in [0.1, 0.15) is 12.5 Å². The third-order valence-corrected chi connectivity index (χ3v) is 2.11. The van der Waals surface area contributed by atoms with Crippen molar-refractivity contribution < 1.29 is 32.4 Å². The number of hydrogen-bond acceptors (Lipinski definition) is 6. The molecule has 0 radical (unpaired) electrons. The summed E-state index contributed by atoms with van der Waals surface area (Å²) in [5.41, 5.74) is -1.90. The Morgan fingerprint density at radius 2 is 2.10 bits per heavy atom. The number of esters is 1. The minimum absolute atomic E-state index is 0.0120. The SMILES string of the molecule is CCOC(=O)Cc1cc(OC(F)(F)F)c(=O)[nH]c1[N+](=O)[O-]. The molecular formula is C10H9F3N2O6. The number of alkyl halides is 3. The maximum absolute atomic E-state index is 12.1. The molecule has 116 valence electrons. The second-order valence-electron chi connectivity index (χ2n) is 3.62. The predicted molar refractivity (Wildman–Crippen MR) is 60.7 cm³/mol. The molecule has 0 aliphatic rings. The maximum Gasteiger partial charge on any atom is 0.573 e. The number of pyridine rings is 1. The molecule has 0 aromatic carbocycles. The lowest BCUT2D eigenvalue weighted by atomic mass is 10.2. The lowest BCUT2D eigenvalue weighted by Gasteiger charge is -2.09. The number of nitro groups is 1. The molecule has 0 aliphatic carbocycles. The van der Waals surface area contributed by atoms with E-state index in [1.807, 2.05) is 0 Å². The molecule has 0 atom stereocenters. The summed E-state index contributed by atoms with van der Waals surface area (Å²) < 4.78 is 44.3. The van der Waals surface area contributed by atoms with Crippen LogP contribution in [0.2, 0.25) is 0 Å². The highest BCUT2D eigenvalue weighted by molar-refractivity contribution is 5.73. The van der Waals surface area contributed by atoms with Crippen LogP contribution in [0.5, 0.6) is 5.75 Å². The molecule has 1 N–H and O–H groups in total. The van der Waals surface area contributed by atoms with E-state index in [4.69, 9.17) is 0 Å². The highest BCUT2D eigenvalue weighted by Crippen LogP contribution is 2.23. The number of carbonyl (C=O) groups is 1. The minimum Gasteiger partial charge on any atom is -0.466 e. The Balaban J connectivity index is 3.24. The van der Waals surface area contributed by atoms with E-state index in [-0.39, 0.29) is 6.61 Å². The fraction of sp³-hybridized carbons (Fsp3) is 0.400. The van der Waals surface area contributed by atoms with Crippen molar-refractivity contribution >= 4 is 11.8 Å². The predicted octanol–water partition coefficient (Wildman–Crippen LogP) is 1.29. The van der Waals surface area contributed by atoms with Crippen molar-refractivity contribution in [3.63, 3.8) is 0 Å². The van der Waals surface area contributed by atoms with Crippen molar-refractivity contribution in [1.29, 1.82) is 0 Å². The van der Waals surface area contributed by atoms with Gasteiger partial charge in [-0.25, -0.2) is 4.79 Å². The van der Waals surface area contributed by atoms with E-state index in [2.05, 4.69) is 9.47 Å². The third-order valence-electron chi connectivity index (χ3n) is 2.11. The first-order valence-electron chi connectivity index (χ1n) is 5.46. The zero-order chi connectivity index (χ0) is 16.2. The van der Waals surface area contributed by atoms with Crippen LogP contribution in [0.15, 0.2) is 10.9 Å². The fourth-order valence-electron chi connectivity index (χ4n) is 1.41. The van der Waals surface area contributed by atoms with Crippen LogP contribution >= 0.6 is 0 Å². The molecule has 1 rings (SSSR count). The minimum atomic E-state index is -5.15. The molecule has 0 fully saturated rings. The van der Waals surface area contributed by atoms with Crippen LogP contribution in [-0.4, -0.2) is 28.8 Å². The number of H-pyrrole nitrogens is 1. The van der Waals surface area contributed by atoms with E-state index in [1.165, 1.54) is 6.92 Å². The molecule has 0 aliphatic heterocycles. The van der Waals surface area contributed by atoms with Gasteiger partial charge in [0.2, 0.25) is 5.75 Å². The van der Waals surface area contributed by atoms with Crippen LogP contribution < -0.4 is 10.3 Å². The van der Waals surface area contributed by atoms with Crippen LogP contribution in [0, 0.1) is 10.1 Å². The molecule has 0 unspecified atom stereocenters. The van der Waals surface area contributed by atoms with Crippen LogP contribution in [0.4, 0.5) is 19.0 Å². The number of aromatic amines is 1. The second-order valence-corrected chi connectivity index (χ2v) is 3.62. The van der Waals surface area contributed by atoms with Crippen molar-refractivity contribution in [3.8, 4) is 5.75 Å². The summed E-state index contributed by atoms with van der Waals surface area (Å²) in [5, 5.41) is 10.7. The number of nitrogens with zero attached hydrogens (tertiary/aromatic N) is 1. The Labute approximate surface area is 114 Å². The number of aromatic nitrogens is 1. The molecule has 0 amide bonds. The van der Waals surface area contributed by atoms with E-state index in [1.54, 1.807) is 4.98 Å². The molecule has 1 aromatic heterocycles. The van der Waals surface area contributed by atoms with Gasteiger partial charge in [-0.05, 0) is 11.8 Å². The van der Waals surface area contributed by atoms with Crippen molar-refractivity contribution in [2.24, 2.45) is 0 Å². The zero-order valence-corrected chi connectivity index (χ0v) is 10.5. The fourth-order valence-corrected chi connectivity index (χ4v) is 1.41. The Morgan fingerprint density at radius 3 is 2.57 bits per heavy atom. The van der Waals surface area contributed by atoms with Gasteiger partial charge in [-0.15, -0.1) is 13.2 Å². The van der Waals surface area contributed by atoms with Crippen molar-refractivity contribution in [1.82, 2.24) is 4.98 Å². The van der Waals surface area contributed by atoms with E-state index in [0.29, 0.717) is 6.07 Å². The first kappa shape index (κ1) is 16.5. The number of carbonyl (C=O) groups excluding carboxylic acids is 1. The van der Waals surface area contributed by atoms with Gasteiger partial charge in [-0.2, -0.15) is 4.98 Å². The number of nitrogens with one attached hydrogen (secondary N) is 1. The van der Waals surface area contributed by atoms with Crippen LogP contribution in [0.25, 0.3) is 0 Å². The van der Waals surface area contributed by atoms with E-state index >= 15 is 0 Å². The van der Waals surface area contributed by atoms with Gasteiger partial charge in [0, 0.05) is 6.07 Å². The molecule has 0 bridgehead atoms. The monoisotopic (exact) mass is 310 g/mol. The van der Waals surface area contributed by atoms with E-state index in [0.717, 1.165) is 0 Å². The average Bonchev–Trinajstić information content (AvgIpc) is 2.31.